The van der Waals surface area contributed by atoms with E-state index >= 15 is 0 Å². The number of H-pyrrole nitrogens is 1. The van der Waals surface area contributed by atoms with Gasteiger partial charge in [-0.1, -0.05) is 0 Å². The Morgan fingerprint density at radius 1 is 1.32 bits per heavy atom. The first-order valence-corrected chi connectivity index (χ1v) is 6.76. The van der Waals surface area contributed by atoms with Crippen molar-refractivity contribution in [1.29, 1.82) is 0 Å². The van der Waals surface area contributed by atoms with E-state index in [1.54, 1.807) is 0 Å². The molecule has 12 heteroatoms. The Kier molecular flexibility index (Phi) is 6.53. The van der Waals surface area contributed by atoms with E-state index in [1.807, 2.05) is 0 Å². The van der Waals surface area contributed by atoms with Gasteiger partial charge in [0.2, 0.25) is 6.33 Å². The van der Waals surface area contributed by atoms with Crippen molar-refractivity contribution in [2.24, 2.45) is 0 Å². The van der Waals surface area contributed by atoms with Crippen LogP contribution in [0.2, 0.25) is 0 Å². The van der Waals surface area contributed by atoms with E-state index < -0.39 is 33.2 Å². The predicted octanol–water partition coefficient (Wildman–Crippen LogP) is -2.67. The summed E-state index contributed by atoms with van der Waals surface area (Å²) in [4.78, 5) is 34.7. The van der Waals surface area contributed by atoms with Gasteiger partial charge in [0.15, 0.2) is 0 Å². The van der Waals surface area contributed by atoms with Crippen LogP contribution in [0.1, 0.15) is 5.69 Å². The van der Waals surface area contributed by atoms with Gasteiger partial charge in [-0.3, -0.25) is 25.0 Å². The zero-order valence-electron chi connectivity index (χ0n) is 12.9. The van der Waals surface area contributed by atoms with Crippen LogP contribution in [-0.4, -0.2) is 38.6 Å². The van der Waals surface area contributed by atoms with Gasteiger partial charge in [0.1, 0.15) is 17.9 Å². The molecule has 1 aromatic carbocycles. The zero-order chi connectivity index (χ0) is 17.9. The first-order valence-electron chi connectivity index (χ1n) is 6.76. The van der Waals surface area contributed by atoms with Gasteiger partial charge in [-0.25, -0.2) is 4.98 Å². The van der Waals surface area contributed by atoms with Crippen molar-refractivity contribution >= 4 is 17.3 Å². The van der Waals surface area contributed by atoms with Crippen molar-refractivity contribution in [3.05, 3.63) is 56.6 Å². The maximum absolute atomic E-state index is 11.2. The Hall–Kier alpha value is -3.05. The van der Waals surface area contributed by atoms with Crippen molar-refractivity contribution < 1.29 is 37.1 Å². The second kappa shape index (κ2) is 8.17. The van der Waals surface area contributed by atoms with Gasteiger partial charge >= 0.3 is 17.3 Å². The van der Waals surface area contributed by atoms with Gasteiger partial charge in [0.25, 0.3) is 5.69 Å². The Morgan fingerprint density at radius 2 is 1.88 bits per heavy atom. The third kappa shape index (κ3) is 4.28. The average Bonchev–Trinajstić information content (AvgIpc) is 2.99. The van der Waals surface area contributed by atoms with E-state index in [9.17, 15) is 25.0 Å². The molecule has 134 valence electrons. The number of aliphatic carboxylic acids is 1. The summed E-state index contributed by atoms with van der Waals surface area (Å²) in [5.41, 5.74) is -0.609. The molecule has 0 amide bonds. The summed E-state index contributed by atoms with van der Waals surface area (Å²) < 4.78 is 1.21. The van der Waals surface area contributed by atoms with Crippen LogP contribution in [0.3, 0.4) is 0 Å². The maximum Gasteiger partial charge on any atom is 0.323 e. The van der Waals surface area contributed by atoms with Crippen LogP contribution in [0.5, 0.6) is 0 Å². The van der Waals surface area contributed by atoms with Crippen molar-refractivity contribution in [2.75, 3.05) is 7.05 Å². The van der Waals surface area contributed by atoms with Crippen LogP contribution in [0.15, 0.2) is 30.7 Å². The lowest BCUT2D eigenvalue weighted by Gasteiger charge is -2.06. The molecule has 11 nitrogen and oxygen atoms in total. The molecule has 25 heavy (non-hydrogen) atoms. The number of carboxylic acid groups (broad SMARTS) is 1. The van der Waals surface area contributed by atoms with E-state index in [4.69, 9.17) is 5.11 Å². The van der Waals surface area contributed by atoms with Gasteiger partial charge in [-0.15, -0.1) is 0 Å². The van der Waals surface area contributed by atoms with E-state index in [0.717, 1.165) is 12.1 Å². The summed E-state index contributed by atoms with van der Waals surface area (Å²) in [6, 6.07) is 2.69. The number of para-hydroxylation sites is 1. The molecule has 0 unspecified atom stereocenters. The van der Waals surface area contributed by atoms with Crippen molar-refractivity contribution in [1.82, 2.24) is 9.88 Å². The lowest BCUT2D eigenvalue weighted by Crippen LogP contribution is -3.00. The number of likely N-dealkylation sites (N-methyl/N-ethyl adjacent to an activating group) is 1. The summed E-state index contributed by atoms with van der Waals surface area (Å²) in [6.07, 6.45) is 2.77. The molecule has 0 aliphatic rings. The molecule has 0 saturated heterocycles. The third-order valence-electron chi connectivity index (χ3n) is 3.40. The number of benzene rings is 1. The van der Waals surface area contributed by atoms with Crippen LogP contribution in [0.4, 0.5) is 11.4 Å². The number of nitrogens with zero attached hydrogens (tertiary/aromatic N) is 3. The summed E-state index contributed by atoms with van der Waals surface area (Å²) >= 11 is 0. The van der Waals surface area contributed by atoms with Crippen LogP contribution in [-0.2, 0) is 11.2 Å². The number of aromatic amines is 1. The first kappa shape index (κ1) is 20.0. The summed E-state index contributed by atoms with van der Waals surface area (Å²) in [7, 11) is 1.49. The monoisotopic (exact) mass is 371 g/mol. The fourth-order valence-corrected chi connectivity index (χ4v) is 2.25. The number of nitrogens with one attached hydrogen (secondary N) is 2. The highest BCUT2D eigenvalue weighted by Gasteiger charge is 2.31. The molecule has 0 saturated carbocycles. The number of carboxylic acids is 1. The van der Waals surface area contributed by atoms with Gasteiger partial charge in [-0.2, -0.15) is 4.57 Å². The largest absolute Gasteiger partial charge is 1.00 e. The molecule has 0 radical (unpaired) electrons. The molecule has 1 heterocycles. The molecule has 0 spiro atoms. The van der Waals surface area contributed by atoms with Crippen LogP contribution >= 0.6 is 0 Å². The number of halogens is 1. The molecule has 0 aliphatic heterocycles. The van der Waals surface area contributed by atoms with E-state index in [1.165, 1.54) is 30.2 Å². The lowest BCUT2D eigenvalue weighted by molar-refractivity contribution is -0.396. The number of rotatable bonds is 7. The van der Waals surface area contributed by atoms with Crippen LogP contribution in [0, 0.1) is 20.2 Å². The Morgan fingerprint density at radius 3 is 2.32 bits per heavy atom. The highest BCUT2D eigenvalue weighted by Crippen LogP contribution is 2.31. The molecular formula is C13H14ClN5O6. The molecule has 2 aromatic rings. The Bertz CT molecular complexity index is 776. The molecule has 3 N–H and O–H groups in total. The minimum atomic E-state index is -1.06. The topological polar surface area (TPSA) is 155 Å². The van der Waals surface area contributed by atoms with Gasteiger partial charge < -0.3 is 22.8 Å². The third-order valence-corrected chi connectivity index (χ3v) is 3.40. The fourth-order valence-electron chi connectivity index (χ4n) is 2.25. The predicted molar refractivity (Wildman–Crippen MR) is 79.8 cm³/mol. The SMILES string of the molecule is CN[C@@H](Cc1cn(-c2c([N+](=O)[O-])cccc2[N+](=O)[O-])c[nH+]1)C(=O)O.[Cl-]. The number of aromatic nitrogens is 2. The maximum atomic E-state index is 11.2. The van der Waals surface area contributed by atoms with Gasteiger partial charge in [0.05, 0.1) is 9.85 Å². The second-order valence-corrected chi connectivity index (χ2v) is 4.88. The number of hydrogen-bond donors (Lipinski definition) is 2. The van der Waals surface area contributed by atoms with Gasteiger partial charge in [-0.05, 0) is 13.1 Å². The normalized spacial score (nSPS) is 11.4. The lowest BCUT2D eigenvalue weighted by atomic mass is 10.1. The van der Waals surface area contributed by atoms with E-state index in [2.05, 4.69) is 10.3 Å². The molecule has 2 rings (SSSR count). The summed E-state index contributed by atoms with van der Waals surface area (Å²) in [5, 5.41) is 34.0. The molecule has 1 atom stereocenters. The standard InChI is InChI=1S/C13H13N5O6.ClH/c1-14-9(13(19)20)5-8-6-16(7-15-8)12-10(17(21)22)3-2-4-11(12)18(23)24;/h2-4,6-7,9,14H,5H2,1H3,(H,19,20);1H/t9-;/m0./s1. The highest BCUT2D eigenvalue weighted by atomic mass is 35.5. The van der Waals surface area contributed by atoms with Crippen molar-refractivity contribution in [2.45, 2.75) is 12.5 Å². The van der Waals surface area contributed by atoms with E-state index in [0.29, 0.717) is 5.69 Å². The minimum Gasteiger partial charge on any atom is -1.00 e. The molecule has 1 aromatic heterocycles. The van der Waals surface area contributed by atoms with E-state index in [-0.39, 0.29) is 24.5 Å². The highest BCUT2D eigenvalue weighted by molar-refractivity contribution is 5.73. The van der Waals surface area contributed by atoms with Crippen molar-refractivity contribution in [3.63, 3.8) is 0 Å². The molecule has 0 aliphatic carbocycles. The average molecular weight is 372 g/mol. The second-order valence-electron chi connectivity index (χ2n) is 4.88. The Labute approximate surface area is 147 Å². The molecule has 0 bridgehead atoms. The summed E-state index contributed by atoms with van der Waals surface area (Å²) in [6.45, 7) is 0. The fraction of sp³-hybridized carbons (Fsp3) is 0.231. The number of imidazole rings is 1. The number of nitro groups is 2. The van der Waals surface area contributed by atoms with Crippen molar-refractivity contribution in [3.8, 4) is 5.69 Å². The molecule has 0 fully saturated rings. The quantitative estimate of drug-likeness (QED) is 0.397. The van der Waals surface area contributed by atoms with Crippen LogP contribution in [0.25, 0.3) is 5.69 Å². The van der Waals surface area contributed by atoms with Crippen LogP contribution < -0.4 is 22.7 Å². The zero-order valence-corrected chi connectivity index (χ0v) is 13.6. The number of hydrogen-bond acceptors (Lipinski definition) is 6. The van der Waals surface area contributed by atoms with Gasteiger partial charge in [0, 0.05) is 18.6 Å². The Balaban J connectivity index is 0.00000312. The minimum absolute atomic E-state index is 0. The summed E-state index contributed by atoms with van der Waals surface area (Å²) in [5.74, 6) is -1.06. The first-order chi connectivity index (χ1) is 11.3. The number of nitro benzene ring substituents is 2. The smallest absolute Gasteiger partial charge is 0.323 e. The number of carbonyl (C=O) groups is 1. The molecular weight excluding hydrogens is 358 g/mol.